The Balaban J connectivity index is 1.31. The van der Waals surface area contributed by atoms with Crippen LogP contribution in [0.4, 0.5) is 17.6 Å². The molecule has 38 heavy (non-hydrogen) atoms. The van der Waals surface area contributed by atoms with Gasteiger partial charge in [0.1, 0.15) is 0 Å². The molecule has 0 aromatic heterocycles. The minimum atomic E-state index is -1.32. The predicted octanol–water partition coefficient (Wildman–Crippen LogP) is 9.85. The molecular weight excluding hydrogens is 488 g/mol. The van der Waals surface area contributed by atoms with Crippen molar-refractivity contribution in [2.75, 3.05) is 0 Å². The fraction of sp³-hybridized carbons (Fsp3) is 0.333. The Labute approximate surface area is 221 Å². The van der Waals surface area contributed by atoms with Gasteiger partial charge in [-0.3, -0.25) is 0 Å². The van der Waals surface area contributed by atoms with Crippen molar-refractivity contribution in [3.63, 3.8) is 0 Å². The normalized spacial score (nSPS) is 22.0. The van der Waals surface area contributed by atoms with Gasteiger partial charge in [0.25, 0.3) is 0 Å². The standard InChI is InChI=1S/C33H32F4O/c1-2-3-20-4-6-21(7-5-20)22-8-10-23(11-9-22)26-16-17-27(31(35)30(26)34)24-12-14-25(15-13-24)28-18-19-29(38)33(37)32(28)36/h2-3,10,12-22,38H,4-9,11H2,1H3/b3-2+. The van der Waals surface area contributed by atoms with E-state index < -0.39 is 29.0 Å². The number of hydrogen-bond donors (Lipinski definition) is 1. The largest absolute Gasteiger partial charge is 0.505 e. The van der Waals surface area contributed by atoms with Gasteiger partial charge < -0.3 is 5.11 Å². The lowest BCUT2D eigenvalue weighted by Gasteiger charge is -2.35. The Morgan fingerprint density at radius 3 is 1.79 bits per heavy atom. The molecule has 5 rings (SSSR count). The summed E-state index contributed by atoms with van der Waals surface area (Å²) in [4.78, 5) is 0. The van der Waals surface area contributed by atoms with Crippen LogP contribution >= 0.6 is 0 Å². The fourth-order valence-electron chi connectivity index (χ4n) is 6.22. The van der Waals surface area contributed by atoms with Gasteiger partial charge in [0, 0.05) is 16.7 Å². The number of benzene rings is 3. The van der Waals surface area contributed by atoms with Crippen LogP contribution in [0.5, 0.6) is 5.75 Å². The van der Waals surface area contributed by atoms with E-state index in [4.69, 9.17) is 0 Å². The summed E-state index contributed by atoms with van der Waals surface area (Å²) in [5.41, 5.74) is 2.07. The highest BCUT2D eigenvalue weighted by molar-refractivity contribution is 5.74. The minimum Gasteiger partial charge on any atom is -0.505 e. The lowest BCUT2D eigenvalue weighted by molar-refractivity contribution is 0.212. The van der Waals surface area contributed by atoms with Crippen molar-refractivity contribution in [2.45, 2.75) is 51.9 Å². The number of phenols is 1. The van der Waals surface area contributed by atoms with Crippen molar-refractivity contribution < 1.29 is 22.7 Å². The molecule has 0 heterocycles. The van der Waals surface area contributed by atoms with E-state index in [-0.39, 0.29) is 11.1 Å². The number of allylic oxidation sites excluding steroid dienone is 4. The molecule has 1 N–H and O–H groups in total. The highest BCUT2D eigenvalue weighted by Gasteiger charge is 2.29. The average molecular weight is 521 g/mol. The van der Waals surface area contributed by atoms with Gasteiger partial charge in [0.05, 0.1) is 0 Å². The van der Waals surface area contributed by atoms with Gasteiger partial charge in [-0.05, 0) is 98.5 Å². The highest BCUT2D eigenvalue weighted by Crippen LogP contribution is 2.42. The zero-order valence-electron chi connectivity index (χ0n) is 21.5. The third-order valence-corrected chi connectivity index (χ3v) is 8.40. The highest BCUT2D eigenvalue weighted by atomic mass is 19.2. The zero-order valence-corrected chi connectivity index (χ0v) is 21.5. The van der Waals surface area contributed by atoms with Crippen molar-refractivity contribution in [1.29, 1.82) is 0 Å². The van der Waals surface area contributed by atoms with Crippen LogP contribution in [-0.2, 0) is 0 Å². The molecule has 198 valence electrons. The molecule has 1 saturated carbocycles. The van der Waals surface area contributed by atoms with E-state index in [1.165, 1.54) is 43.9 Å². The van der Waals surface area contributed by atoms with E-state index in [9.17, 15) is 13.9 Å². The SMILES string of the molecule is C/C=C/C1CCC(C2CC=C(c3ccc(-c4ccc(-c5ccc(O)c(F)c5F)cc4)c(F)c3F)CC2)CC1. The number of phenolic OH excluding ortho intramolecular Hbond substituents is 1. The van der Waals surface area contributed by atoms with E-state index in [2.05, 4.69) is 25.2 Å². The molecule has 0 aliphatic heterocycles. The summed E-state index contributed by atoms with van der Waals surface area (Å²) in [5.74, 6) is -2.99. The predicted molar refractivity (Wildman–Crippen MR) is 144 cm³/mol. The molecule has 1 nitrogen and oxygen atoms in total. The number of halogens is 4. The quantitative estimate of drug-likeness (QED) is 0.262. The molecule has 1 fully saturated rings. The molecule has 0 amide bonds. The Kier molecular flexibility index (Phi) is 7.73. The summed E-state index contributed by atoms with van der Waals surface area (Å²) in [6.07, 6.45) is 14.2. The molecule has 0 radical (unpaired) electrons. The van der Waals surface area contributed by atoms with Crippen LogP contribution in [0.15, 0.2) is 66.8 Å². The van der Waals surface area contributed by atoms with E-state index in [0.717, 1.165) is 30.9 Å². The van der Waals surface area contributed by atoms with Crippen LogP contribution < -0.4 is 0 Å². The Morgan fingerprint density at radius 2 is 1.21 bits per heavy atom. The molecule has 0 spiro atoms. The van der Waals surface area contributed by atoms with Crippen molar-refractivity contribution in [2.24, 2.45) is 17.8 Å². The molecule has 0 saturated heterocycles. The molecule has 1 atom stereocenters. The van der Waals surface area contributed by atoms with Crippen LogP contribution in [0, 0.1) is 41.0 Å². The second kappa shape index (κ2) is 11.2. The van der Waals surface area contributed by atoms with E-state index in [1.54, 1.807) is 24.3 Å². The molecule has 1 unspecified atom stereocenters. The Hall–Kier alpha value is -3.34. The minimum absolute atomic E-state index is 0.0257. The molecule has 5 heteroatoms. The average Bonchev–Trinajstić information content (AvgIpc) is 2.94. The summed E-state index contributed by atoms with van der Waals surface area (Å²) in [7, 11) is 0. The van der Waals surface area contributed by atoms with Gasteiger partial charge in [0.15, 0.2) is 23.2 Å². The lowest BCUT2D eigenvalue weighted by atomic mass is 9.71. The van der Waals surface area contributed by atoms with Gasteiger partial charge >= 0.3 is 0 Å². The summed E-state index contributed by atoms with van der Waals surface area (Å²) < 4.78 is 58.4. The van der Waals surface area contributed by atoms with Gasteiger partial charge in [0.2, 0.25) is 5.82 Å². The molecule has 3 aromatic rings. The van der Waals surface area contributed by atoms with Crippen LogP contribution in [0.3, 0.4) is 0 Å². The molecule has 0 bridgehead atoms. The lowest BCUT2D eigenvalue weighted by Crippen LogP contribution is -2.22. The van der Waals surface area contributed by atoms with Crippen LogP contribution in [0.2, 0.25) is 0 Å². The fourth-order valence-corrected chi connectivity index (χ4v) is 6.22. The number of hydrogen-bond acceptors (Lipinski definition) is 1. The number of aromatic hydroxyl groups is 1. The van der Waals surface area contributed by atoms with Crippen LogP contribution in [0.1, 0.15) is 57.4 Å². The second-order valence-corrected chi connectivity index (χ2v) is 10.6. The van der Waals surface area contributed by atoms with Crippen LogP contribution in [0.25, 0.3) is 27.8 Å². The Morgan fingerprint density at radius 1 is 0.658 bits per heavy atom. The maximum Gasteiger partial charge on any atom is 0.200 e. The molecule has 2 aliphatic rings. The topological polar surface area (TPSA) is 20.2 Å². The van der Waals surface area contributed by atoms with Crippen molar-refractivity contribution in [3.8, 4) is 28.0 Å². The zero-order chi connectivity index (χ0) is 26.8. The van der Waals surface area contributed by atoms with Crippen molar-refractivity contribution >= 4 is 5.57 Å². The van der Waals surface area contributed by atoms with Gasteiger partial charge in [-0.2, -0.15) is 4.39 Å². The van der Waals surface area contributed by atoms with E-state index in [0.29, 0.717) is 34.4 Å². The maximum atomic E-state index is 15.2. The van der Waals surface area contributed by atoms with Gasteiger partial charge in [-0.25, -0.2) is 13.2 Å². The third kappa shape index (κ3) is 5.16. The summed E-state index contributed by atoms with van der Waals surface area (Å²) in [6.45, 7) is 2.08. The first-order valence-electron chi connectivity index (χ1n) is 13.4. The summed E-state index contributed by atoms with van der Waals surface area (Å²) in [6, 6.07) is 11.7. The summed E-state index contributed by atoms with van der Waals surface area (Å²) >= 11 is 0. The first-order valence-corrected chi connectivity index (χ1v) is 13.4. The smallest absolute Gasteiger partial charge is 0.200 e. The van der Waals surface area contributed by atoms with E-state index >= 15 is 8.78 Å². The van der Waals surface area contributed by atoms with Crippen molar-refractivity contribution in [3.05, 3.63) is 95.6 Å². The van der Waals surface area contributed by atoms with Crippen molar-refractivity contribution in [1.82, 2.24) is 0 Å². The van der Waals surface area contributed by atoms with Gasteiger partial charge in [-0.1, -0.05) is 54.6 Å². The van der Waals surface area contributed by atoms with Crippen LogP contribution in [-0.4, -0.2) is 5.11 Å². The number of rotatable bonds is 5. The first kappa shape index (κ1) is 26.3. The molecule has 3 aromatic carbocycles. The first-order chi connectivity index (χ1) is 18.4. The maximum absolute atomic E-state index is 15.2. The summed E-state index contributed by atoms with van der Waals surface area (Å²) in [5, 5.41) is 9.34. The molecule has 2 aliphatic carbocycles. The van der Waals surface area contributed by atoms with E-state index in [1.807, 2.05) is 0 Å². The molecular formula is C33H32F4O. The third-order valence-electron chi connectivity index (χ3n) is 8.40. The second-order valence-electron chi connectivity index (χ2n) is 10.6. The van der Waals surface area contributed by atoms with Gasteiger partial charge in [-0.15, -0.1) is 0 Å². The monoisotopic (exact) mass is 520 g/mol. The Bertz CT molecular complexity index is 1360.